The fourth-order valence-electron chi connectivity index (χ4n) is 1.07. The molecule has 0 aliphatic heterocycles. The van der Waals surface area contributed by atoms with E-state index in [1.54, 1.807) is 0 Å². The maximum atomic E-state index is 5.45. The van der Waals surface area contributed by atoms with Crippen LogP contribution in [0.25, 0.3) is 0 Å². The minimum atomic E-state index is 0.325. The summed E-state index contributed by atoms with van der Waals surface area (Å²) in [6.07, 6.45) is 5.02. The number of halogens is 1. The first-order chi connectivity index (χ1) is 9.41. The normalized spacial score (nSPS) is 10.5. The van der Waals surface area contributed by atoms with Crippen molar-refractivity contribution in [3.63, 3.8) is 0 Å². The zero-order chi connectivity index (χ0) is 14.0. The van der Waals surface area contributed by atoms with Crippen LogP contribution < -0.4 is 0 Å². The molecule has 6 heteroatoms. The molecular formula is C13H23ClO5. The minimum Gasteiger partial charge on any atom is -0.378 e. The lowest BCUT2D eigenvalue weighted by Gasteiger charge is -2.07. The van der Waals surface area contributed by atoms with Gasteiger partial charge in [-0.05, 0) is 0 Å². The van der Waals surface area contributed by atoms with Crippen LogP contribution in [0.1, 0.15) is 0 Å². The second-order valence-electron chi connectivity index (χ2n) is 3.40. The maximum Gasteiger partial charge on any atom is 0.107 e. The predicted molar refractivity (Wildman–Crippen MR) is 73.6 cm³/mol. The Kier molecular flexibility index (Phi) is 17.3. The summed E-state index contributed by atoms with van der Waals surface area (Å²) in [4.78, 5) is 0. The van der Waals surface area contributed by atoms with E-state index in [4.69, 9.17) is 41.7 Å². The van der Waals surface area contributed by atoms with Gasteiger partial charge >= 0.3 is 0 Å². The highest BCUT2D eigenvalue weighted by Crippen LogP contribution is 1.84. The van der Waals surface area contributed by atoms with Crippen LogP contribution in [0.4, 0.5) is 0 Å². The molecule has 0 aromatic rings. The van der Waals surface area contributed by atoms with Crippen LogP contribution in [0, 0.1) is 12.3 Å². The van der Waals surface area contributed by atoms with Gasteiger partial charge in [-0.2, -0.15) is 0 Å². The Morgan fingerprint density at radius 3 is 1.37 bits per heavy atom. The van der Waals surface area contributed by atoms with Gasteiger partial charge in [-0.3, -0.25) is 0 Å². The Bertz CT molecular complexity index is 208. The second-order valence-corrected chi connectivity index (χ2v) is 3.77. The SMILES string of the molecule is C#CCOCCOCCOCCOCCOCCCl. The Balaban J connectivity index is 2.90. The van der Waals surface area contributed by atoms with Crippen molar-refractivity contribution in [1.29, 1.82) is 0 Å². The van der Waals surface area contributed by atoms with Crippen LogP contribution in [0.2, 0.25) is 0 Å². The topological polar surface area (TPSA) is 46.2 Å². The van der Waals surface area contributed by atoms with Crippen LogP contribution in [-0.2, 0) is 23.7 Å². The second kappa shape index (κ2) is 17.6. The molecule has 5 nitrogen and oxygen atoms in total. The molecule has 0 saturated carbocycles. The molecule has 0 atom stereocenters. The van der Waals surface area contributed by atoms with Gasteiger partial charge in [0.15, 0.2) is 0 Å². The van der Waals surface area contributed by atoms with Crippen molar-refractivity contribution < 1.29 is 23.7 Å². The quantitative estimate of drug-likeness (QED) is 0.256. The summed E-state index contributed by atoms with van der Waals surface area (Å²) in [5.41, 5.74) is 0. The number of terminal acetylenes is 1. The fourth-order valence-corrected chi connectivity index (χ4v) is 1.17. The molecule has 0 bridgehead atoms. The van der Waals surface area contributed by atoms with E-state index in [0.29, 0.717) is 71.9 Å². The summed E-state index contributed by atoms with van der Waals surface area (Å²) in [5, 5.41) is 0. The van der Waals surface area contributed by atoms with Gasteiger partial charge in [0.2, 0.25) is 0 Å². The van der Waals surface area contributed by atoms with Gasteiger partial charge in [0.1, 0.15) is 6.61 Å². The molecule has 0 radical (unpaired) electrons. The molecule has 0 aromatic carbocycles. The zero-order valence-electron chi connectivity index (χ0n) is 11.3. The lowest BCUT2D eigenvalue weighted by atomic mass is 10.7. The summed E-state index contributed by atoms with van der Waals surface area (Å²) in [7, 11) is 0. The lowest BCUT2D eigenvalue weighted by molar-refractivity contribution is -0.00810. The van der Waals surface area contributed by atoms with E-state index in [1.165, 1.54) is 0 Å². The third kappa shape index (κ3) is 17.6. The number of rotatable bonds is 15. The molecule has 0 amide bonds. The van der Waals surface area contributed by atoms with Gasteiger partial charge in [-0.1, -0.05) is 5.92 Å². The number of ether oxygens (including phenoxy) is 5. The molecule has 112 valence electrons. The molecule has 0 spiro atoms. The fraction of sp³-hybridized carbons (Fsp3) is 0.846. The Morgan fingerprint density at radius 2 is 1.00 bits per heavy atom. The third-order valence-corrected chi connectivity index (χ3v) is 2.05. The van der Waals surface area contributed by atoms with Crippen molar-refractivity contribution in [2.24, 2.45) is 0 Å². The highest BCUT2D eigenvalue weighted by Gasteiger charge is 1.92. The van der Waals surface area contributed by atoms with E-state index in [1.807, 2.05) is 0 Å². The van der Waals surface area contributed by atoms with E-state index in [0.717, 1.165) is 0 Å². The molecule has 0 aliphatic carbocycles. The van der Waals surface area contributed by atoms with E-state index >= 15 is 0 Å². The minimum absolute atomic E-state index is 0.325. The molecule has 0 unspecified atom stereocenters. The molecular weight excluding hydrogens is 272 g/mol. The summed E-state index contributed by atoms with van der Waals surface area (Å²) >= 11 is 5.45. The van der Waals surface area contributed by atoms with Gasteiger partial charge in [-0.25, -0.2) is 0 Å². The van der Waals surface area contributed by atoms with Crippen molar-refractivity contribution in [3.05, 3.63) is 0 Å². The van der Waals surface area contributed by atoms with Gasteiger partial charge in [0, 0.05) is 5.88 Å². The van der Waals surface area contributed by atoms with E-state index in [2.05, 4.69) is 5.92 Å². The monoisotopic (exact) mass is 294 g/mol. The van der Waals surface area contributed by atoms with E-state index in [-0.39, 0.29) is 0 Å². The predicted octanol–water partition coefficient (Wildman–Crippen LogP) is 0.941. The molecule has 0 heterocycles. The largest absolute Gasteiger partial charge is 0.378 e. The first-order valence-corrected chi connectivity index (χ1v) is 6.83. The molecule has 0 aliphatic rings. The van der Waals surface area contributed by atoms with Crippen molar-refractivity contribution in [1.82, 2.24) is 0 Å². The smallest absolute Gasteiger partial charge is 0.107 e. The number of alkyl halides is 1. The number of hydrogen-bond acceptors (Lipinski definition) is 5. The van der Waals surface area contributed by atoms with Crippen molar-refractivity contribution in [3.8, 4) is 12.3 Å². The molecule has 0 aromatic heterocycles. The van der Waals surface area contributed by atoms with Gasteiger partial charge < -0.3 is 23.7 Å². The summed E-state index contributed by atoms with van der Waals surface area (Å²) in [5.74, 6) is 2.89. The average molecular weight is 295 g/mol. The lowest BCUT2D eigenvalue weighted by Crippen LogP contribution is -2.13. The van der Waals surface area contributed by atoms with Gasteiger partial charge in [0.05, 0.1) is 59.5 Å². The van der Waals surface area contributed by atoms with Crippen LogP contribution in [0.15, 0.2) is 0 Å². The van der Waals surface area contributed by atoms with E-state index in [9.17, 15) is 0 Å². The van der Waals surface area contributed by atoms with Crippen molar-refractivity contribution in [2.75, 3.05) is 71.9 Å². The highest BCUT2D eigenvalue weighted by molar-refractivity contribution is 6.17. The van der Waals surface area contributed by atoms with Crippen LogP contribution in [-0.4, -0.2) is 71.9 Å². The summed E-state index contributed by atoms with van der Waals surface area (Å²) < 4.78 is 26.0. The summed E-state index contributed by atoms with van der Waals surface area (Å²) in [6.45, 7) is 5.23. The third-order valence-electron chi connectivity index (χ3n) is 1.89. The Labute approximate surface area is 120 Å². The highest BCUT2D eigenvalue weighted by atomic mass is 35.5. The van der Waals surface area contributed by atoms with E-state index < -0.39 is 0 Å². The van der Waals surface area contributed by atoms with Crippen molar-refractivity contribution >= 4 is 11.6 Å². The summed E-state index contributed by atoms with van der Waals surface area (Å²) in [6, 6.07) is 0. The molecule has 0 rings (SSSR count). The average Bonchev–Trinajstić information content (AvgIpc) is 2.43. The maximum absolute atomic E-state index is 5.45. The first-order valence-electron chi connectivity index (χ1n) is 6.30. The molecule has 0 N–H and O–H groups in total. The Morgan fingerprint density at radius 1 is 0.632 bits per heavy atom. The van der Waals surface area contributed by atoms with Crippen molar-refractivity contribution in [2.45, 2.75) is 0 Å². The van der Waals surface area contributed by atoms with Crippen LogP contribution >= 0.6 is 11.6 Å². The molecule has 0 saturated heterocycles. The van der Waals surface area contributed by atoms with Gasteiger partial charge in [-0.15, -0.1) is 18.0 Å². The van der Waals surface area contributed by atoms with Gasteiger partial charge in [0.25, 0.3) is 0 Å². The van der Waals surface area contributed by atoms with Crippen LogP contribution in [0.3, 0.4) is 0 Å². The first kappa shape index (κ1) is 18.7. The zero-order valence-corrected chi connectivity index (χ0v) is 12.0. The molecule has 19 heavy (non-hydrogen) atoms. The standard InChI is InChI=1S/C13H23ClO5/c1-2-4-15-6-8-17-10-12-19-13-11-18-9-7-16-5-3-14/h1H,3-13H2. The Hall–Kier alpha value is -0.350. The molecule has 0 fully saturated rings. The number of hydrogen-bond donors (Lipinski definition) is 0. The van der Waals surface area contributed by atoms with Crippen LogP contribution in [0.5, 0.6) is 0 Å².